The predicted molar refractivity (Wildman–Crippen MR) is 71.7 cm³/mol. The lowest BCUT2D eigenvalue weighted by Crippen LogP contribution is -2.12. The molecule has 1 N–H and O–H groups in total. The van der Waals surface area contributed by atoms with Crippen molar-refractivity contribution in [2.45, 2.75) is 0 Å². The molecule has 0 bridgehead atoms. The molecule has 0 radical (unpaired) electrons. The molecule has 2 heterocycles. The number of pyridine rings is 1. The Hall–Kier alpha value is -1.99. The largest absolute Gasteiger partial charge is 0.475 e. The number of anilines is 1. The fourth-order valence-electron chi connectivity index (χ4n) is 1.29. The number of rotatable bonds is 6. The standard InChI is InChI=1S/C12H13N3O3S/c1-17-4-5-18-11-3-2-9(6-13-11)15-12(16)10-7-19-8-14-10/h2-3,6-8H,4-5H2,1H3,(H,15,16). The first-order valence-corrected chi connectivity index (χ1v) is 6.51. The van der Waals surface area contributed by atoms with E-state index in [0.717, 1.165) is 0 Å². The van der Waals surface area contributed by atoms with E-state index in [4.69, 9.17) is 9.47 Å². The van der Waals surface area contributed by atoms with Crippen molar-refractivity contribution in [3.63, 3.8) is 0 Å². The van der Waals surface area contributed by atoms with Gasteiger partial charge in [0, 0.05) is 18.6 Å². The maximum Gasteiger partial charge on any atom is 0.275 e. The van der Waals surface area contributed by atoms with E-state index >= 15 is 0 Å². The van der Waals surface area contributed by atoms with Crippen molar-refractivity contribution >= 4 is 22.9 Å². The normalized spacial score (nSPS) is 10.2. The molecule has 0 aliphatic heterocycles. The molecule has 2 rings (SSSR count). The number of hydrogen-bond donors (Lipinski definition) is 1. The van der Waals surface area contributed by atoms with Crippen molar-refractivity contribution in [1.82, 2.24) is 9.97 Å². The van der Waals surface area contributed by atoms with E-state index in [1.54, 1.807) is 30.1 Å². The number of nitrogens with zero attached hydrogens (tertiary/aromatic N) is 2. The van der Waals surface area contributed by atoms with Crippen LogP contribution in [0.4, 0.5) is 5.69 Å². The number of thiazole rings is 1. The van der Waals surface area contributed by atoms with Gasteiger partial charge >= 0.3 is 0 Å². The highest BCUT2D eigenvalue weighted by atomic mass is 32.1. The lowest BCUT2D eigenvalue weighted by molar-refractivity contribution is 0.102. The molecule has 0 fully saturated rings. The van der Waals surface area contributed by atoms with Crippen molar-refractivity contribution in [2.24, 2.45) is 0 Å². The van der Waals surface area contributed by atoms with Gasteiger partial charge in [0.25, 0.3) is 5.91 Å². The average molecular weight is 279 g/mol. The van der Waals surface area contributed by atoms with Crippen LogP contribution in [0, 0.1) is 0 Å². The lowest BCUT2D eigenvalue weighted by Gasteiger charge is -2.06. The van der Waals surface area contributed by atoms with Crippen LogP contribution < -0.4 is 10.1 Å². The lowest BCUT2D eigenvalue weighted by atomic mass is 10.4. The summed E-state index contributed by atoms with van der Waals surface area (Å²) in [4.78, 5) is 19.7. The van der Waals surface area contributed by atoms with E-state index in [1.165, 1.54) is 17.5 Å². The Kier molecular flexibility index (Phi) is 4.82. The summed E-state index contributed by atoms with van der Waals surface area (Å²) in [7, 11) is 1.61. The Morgan fingerprint density at radius 1 is 1.37 bits per heavy atom. The third kappa shape index (κ3) is 4.01. The zero-order valence-electron chi connectivity index (χ0n) is 10.3. The minimum absolute atomic E-state index is 0.254. The van der Waals surface area contributed by atoms with Gasteiger partial charge in [0.15, 0.2) is 0 Å². The molecule has 2 aromatic rings. The number of aromatic nitrogens is 2. The van der Waals surface area contributed by atoms with Crippen LogP contribution in [-0.2, 0) is 4.74 Å². The maximum atomic E-state index is 11.7. The number of hydrogen-bond acceptors (Lipinski definition) is 6. The zero-order chi connectivity index (χ0) is 13.5. The highest BCUT2D eigenvalue weighted by molar-refractivity contribution is 7.07. The molecule has 0 saturated heterocycles. The van der Waals surface area contributed by atoms with Gasteiger partial charge in [-0.3, -0.25) is 4.79 Å². The highest BCUT2D eigenvalue weighted by Crippen LogP contribution is 2.13. The average Bonchev–Trinajstić information content (AvgIpc) is 2.95. The predicted octanol–water partition coefficient (Wildman–Crippen LogP) is 1.82. The van der Waals surface area contributed by atoms with Gasteiger partial charge in [-0.1, -0.05) is 0 Å². The molecule has 7 heteroatoms. The van der Waals surface area contributed by atoms with E-state index in [0.29, 0.717) is 30.5 Å². The monoisotopic (exact) mass is 279 g/mol. The SMILES string of the molecule is COCCOc1ccc(NC(=O)c2cscn2)cn1. The van der Waals surface area contributed by atoms with Crippen LogP contribution in [0.5, 0.6) is 5.88 Å². The zero-order valence-corrected chi connectivity index (χ0v) is 11.1. The Bertz CT molecular complexity index is 514. The Labute approximate surface area is 114 Å². The number of carbonyl (C=O) groups excluding carboxylic acids is 1. The fourth-order valence-corrected chi connectivity index (χ4v) is 1.82. The molecular formula is C12H13N3O3S. The number of ether oxygens (including phenoxy) is 2. The van der Waals surface area contributed by atoms with Gasteiger partial charge in [0.2, 0.25) is 5.88 Å². The van der Waals surface area contributed by atoms with E-state index in [9.17, 15) is 4.79 Å². The fraction of sp³-hybridized carbons (Fsp3) is 0.250. The number of nitrogens with one attached hydrogen (secondary N) is 1. The van der Waals surface area contributed by atoms with Gasteiger partial charge in [-0.2, -0.15) is 0 Å². The van der Waals surface area contributed by atoms with E-state index in [2.05, 4.69) is 15.3 Å². The molecule has 0 aliphatic carbocycles. The molecule has 0 unspecified atom stereocenters. The maximum absolute atomic E-state index is 11.7. The third-order valence-electron chi connectivity index (χ3n) is 2.20. The first kappa shape index (κ1) is 13.4. The Morgan fingerprint density at radius 3 is 2.89 bits per heavy atom. The molecule has 0 spiro atoms. The van der Waals surface area contributed by atoms with Crippen molar-refractivity contribution in [3.8, 4) is 5.88 Å². The molecular weight excluding hydrogens is 266 g/mol. The smallest absolute Gasteiger partial charge is 0.275 e. The van der Waals surface area contributed by atoms with Crippen molar-refractivity contribution < 1.29 is 14.3 Å². The van der Waals surface area contributed by atoms with Gasteiger partial charge < -0.3 is 14.8 Å². The highest BCUT2D eigenvalue weighted by Gasteiger charge is 2.08. The topological polar surface area (TPSA) is 73.3 Å². The van der Waals surface area contributed by atoms with Crippen LogP contribution >= 0.6 is 11.3 Å². The minimum Gasteiger partial charge on any atom is -0.475 e. The second-order valence-corrected chi connectivity index (χ2v) is 4.27. The van der Waals surface area contributed by atoms with E-state index in [-0.39, 0.29) is 5.91 Å². The summed E-state index contributed by atoms with van der Waals surface area (Å²) in [6, 6.07) is 3.41. The molecule has 100 valence electrons. The summed E-state index contributed by atoms with van der Waals surface area (Å²) >= 11 is 1.37. The second kappa shape index (κ2) is 6.81. The summed E-state index contributed by atoms with van der Waals surface area (Å²) in [6.07, 6.45) is 1.53. The van der Waals surface area contributed by atoms with Crippen LogP contribution in [0.3, 0.4) is 0 Å². The summed E-state index contributed by atoms with van der Waals surface area (Å²) in [5, 5.41) is 4.39. The molecule has 0 aromatic carbocycles. The van der Waals surface area contributed by atoms with Crippen LogP contribution in [0.1, 0.15) is 10.5 Å². The van der Waals surface area contributed by atoms with Crippen LogP contribution in [0.2, 0.25) is 0 Å². The van der Waals surface area contributed by atoms with Gasteiger partial charge in [-0.15, -0.1) is 11.3 Å². The summed E-state index contributed by atoms with van der Waals surface area (Å²) in [5.41, 5.74) is 2.60. The third-order valence-corrected chi connectivity index (χ3v) is 2.78. The molecule has 0 atom stereocenters. The Morgan fingerprint density at radius 2 is 2.26 bits per heavy atom. The number of carbonyl (C=O) groups is 1. The molecule has 6 nitrogen and oxygen atoms in total. The number of amides is 1. The summed E-state index contributed by atoms with van der Waals surface area (Å²) < 4.78 is 10.2. The molecule has 19 heavy (non-hydrogen) atoms. The minimum atomic E-state index is -0.254. The van der Waals surface area contributed by atoms with Gasteiger partial charge in [-0.25, -0.2) is 9.97 Å². The summed E-state index contributed by atoms with van der Waals surface area (Å²) in [6.45, 7) is 0.942. The molecule has 0 aliphatic rings. The number of methoxy groups -OCH3 is 1. The quantitative estimate of drug-likeness (QED) is 0.816. The van der Waals surface area contributed by atoms with E-state index in [1.807, 2.05) is 0 Å². The van der Waals surface area contributed by atoms with Crippen LogP contribution in [0.25, 0.3) is 0 Å². The Balaban J connectivity index is 1.90. The molecule has 2 aromatic heterocycles. The van der Waals surface area contributed by atoms with Crippen molar-refractivity contribution in [1.29, 1.82) is 0 Å². The van der Waals surface area contributed by atoms with Crippen molar-refractivity contribution in [2.75, 3.05) is 25.6 Å². The first-order valence-electron chi connectivity index (χ1n) is 5.57. The second-order valence-electron chi connectivity index (χ2n) is 3.55. The summed E-state index contributed by atoms with van der Waals surface area (Å²) in [5.74, 6) is 0.236. The van der Waals surface area contributed by atoms with Crippen molar-refractivity contribution in [3.05, 3.63) is 34.9 Å². The molecule has 1 amide bonds. The molecule has 0 saturated carbocycles. The van der Waals surface area contributed by atoms with Gasteiger partial charge in [-0.05, 0) is 6.07 Å². The van der Waals surface area contributed by atoms with Crippen LogP contribution in [-0.4, -0.2) is 36.2 Å². The first-order chi connectivity index (χ1) is 9.29. The van der Waals surface area contributed by atoms with Gasteiger partial charge in [0.05, 0.1) is 24.0 Å². The van der Waals surface area contributed by atoms with E-state index < -0.39 is 0 Å². The van der Waals surface area contributed by atoms with Crippen LogP contribution in [0.15, 0.2) is 29.2 Å². The van der Waals surface area contributed by atoms with Gasteiger partial charge in [0.1, 0.15) is 12.3 Å².